The number of benzene rings is 1. The van der Waals surface area contributed by atoms with Gasteiger partial charge in [-0.25, -0.2) is 19.1 Å². The second kappa shape index (κ2) is 7.06. The van der Waals surface area contributed by atoms with E-state index in [2.05, 4.69) is 9.72 Å². The van der Waals surface area contributed by atoms with Crippen molar-refractivity contribution in [1.29, 1.82) is 0 Å². The summed E-state index contributed by atoms with van der Waals surface area (Å²) in [5.41, 5.74) is -1.90. The first-order valence-corrected chi connectivity index (χ1v) is 8.90. The van der Waals surface area contributed by atoms with Crippen molar-refractivity contribution in [2.24, 2.45) is 0 Å². The van der Waals surface area contributed by atoms with Crippen LogP contribution in [0.5, 0.6) is 5.75 Å². The maximum atomic E-state index is 14.4. The van der Waals surface area contributed by atoms with Gasteiger partial charge in [-0.05, 0) is 42.5 Å². The minimum Gasteiger partial charge on any atom is -0.446 e. The van der Waals surface area contributed by atoms with Gasteiger partial charge in [0.25, 0.3) is 0 Å². The molecule has 2 aromatic rings. The van der Waals surface area contributed by atoms with E-state index in [1.54, 1.807) is 6.07 Å². The van der Waals surface area contributed by atoms with Crippen LogP contribution in [0.3, 0.4) is 0 Å². The summed E-state index contributed by atoms with van der Waals surface area (Å²) in [6.45, 7) is -3.70. The Hall–Kier alpha value is -2.98. The largest absolute Gasteiger partial charge is 0.446 e. The number of fused-ring (bicyclic) bond motifs is 2. The highest BCUT2D eigenvalue weighted by atomic mass is 19.4. The Labute approximate surface area is 166 Å². The van der Waals surface area contributed by atoms with Crippen LogP contribution in [-0.2, 0) is 22.9 Å². The zero-order valence-electron chi connectivity index (χ0n) is 15.2. The van der Waals surface area contributed by atoms with Crippen LogP contribution in [0.1, 0.15) is 29.5 Å². The Balaban J connectivity index is 1.89. The molecular weight excluding hydrogens is 418 g/mol. The summed E-state index contributed by atoms with van der Waals surface area (Å²) in [5.74, 6) is -1.99. The Kier molecular flexibility index (Phi) is 4.78. The van der Waals surface area contributed by atoms with Crippen molar-refractivity contribution in [3.63, 3.8) is 0 Å². The van der Waals surface area contributed by atoms with Gasteiger partial charge in [0.2, 0.25) is 0 Å². The number of amides is 1. The van der Waals surface area contributed by atoms with Gasteiger partial charge < -0.3 is 9.47 Å². The third-order valence-corrected chi connectivity index (χ3v) is 5.27. The summed E-state index contributed by atoms with van der Waals surface area (Å²) >= 11 is 0. The number of rotatable bonds is 3. The molecule has 0 unspecified atom stereocenters. The third-order valence-electron chi connectivity index (χ3n) is 5.27. The van der Waals surface area contributed by atoms with E-state index in [9.17, 15) is 31.1 Å². The number of cyclic esters (lactones) is 1. The first-order valence-electron chi connectivity index (χ1n) is 8.90. The van der Waals surface area contributed by atoms with Gasteiger partial charge in [0, 0.05) is 6.20 Å². The molecule has 2 aliphatic rings. The topological polar surface area (TPSA) is 51.7 Å². The summed E-state index contributed by atoms with van der Waals surface area (Å²) in [4.78, 5) is 17.1. The number of hydrogen-bond acceptors (Lipinski definition) is 4. The minimum atomic E-state index is -4.87. The number of aromatic nitrogens is 1. The molecule has 160 valence electrons. The van der Waals surface area contributed by atoms with Crippen LogP contribution in [0.4, 0.5) is 37.0 Å². The molecule has 1 aliphatic carbocycles. The number of carbonyl (C=O) groups is 1. The van der Waals surface area contributed by atoms with E-state index in [4.69, 9.17) is 4.74 Å². The Morgan fingerprint density at radius 2 is 2.03 bits per heavy atom. The lowest BCUT2D eigenvalue weighted by molar-refractivity contribution is -0.138. The molecule has 11 heteroatoms. The van der Waals surface area contributed by atoms with Crippen LogP contribution < -0.4 is 9.64 Å². The van der Waals surface area contributed by atoms with E-state index in [0.717, 1.165) is 4.90 Å². The van der Waals surface area contributed by atoms with Crippen molar-refractivity contribution >= 4 is 11.9 Å². The molecule has 1 amide bonds. The molecule has 0 N–H and O–H groups in total. The number of alkyl halides is 5. The van der Waals surface area contributed by atoms with Gasteiger partial charge in [-0.1, -0.05) is 12.1 Å². The molecule has 30 heavy (non-hydrogen) atoms. The minimum absolute atomic E-state index is 0.237. The van der Waals surface area contributed by atoms with Crippen LogP contribution >= 0.6 is 0 Å². The number of ether oxygens (including phenoxy) is 2. The predicted molar refractivity (Wildman–Crippen MR) is 90.7 cm³/mol. The highest BCUT2D eigenvalue weighted by Gasteiger charge is 2.53. The van der Waals surface area contributed by atoms with Gasteiger partial charge in [-0.3, -0.25) is 0 Å². The monoisotopic (exact) mass is 432 g/mol. The number of nitrogens with zero attached hydrogens (tertiary/aromatic N) is 2. The van der Waals surface area contributed by atoms with Crippen molar-refractivity contribution in [3.05, 3.63) is 53.0 Å². The van der Waals surface area contributed by atoms with Gasteiger partial charge in [-0.15, -0.1) is 0 Å². The van der Waals surface area contributed by atoms with Gasteiger partial charge in [-0.2, -0.15) is 22.0 Å². The molecule has 2 heterocycles. The molecule has 5 nitrogen and oxygen atoms in total. The zero-order chi connectivity index (χ0) is 21.7. The highest BCUT2D eigenvalue weighted by Crippen LogP contribution is 2.49. The van der Waals surface area contributed by atoms with Crippen molar-refractivity contribution in [2.75, 3.05) is 11.5 Å². The molecule has 1 spiro atoms. The van der Waals surface area contributed by atoms with Crippen molar-refractivity contribution < 1.29 is 40.6 Å². The van der Waals surface area contributed by atoms with Crippen LogP contribution in [0, 0.1) is 5.82 Å². The predicted octanol–water partition coefficient (Wildman–Crippen LogP) is 5.03. The van der Waals surface area contributed by atoms with E-state index in [-0.39, 0.29) is 13.0 Å². The second-order valence-corrected chi connectivity index (χ2v) is 6.96. The average Bonchev–Trinajstić information content (AvgIpc) is 2.98. The molecule has 1 fully saturated rings. The number of carbonyl (C=O) groups excluding carboxylic acids is 1. The van der Waals surface area contributed by atoms with Gasteiger partial charge in [0.05, 0.1) is 5.56 Å². The van der Waals surface area contributed by atoms with E-state index >= 15 is 0 Å². The summed E-state index contributed by atoms with van der Waals surface area (Å²) in [5, 5.41) is 0. The summed E-state index contributed by atoms with van der Waals surface area (Å²) < 4.78 is 88.8. The maximum Gasteiger partial charge on any atom is 0.418 e. The van der Waals surface area contributed by atoms with Gasteiger partial charge in [0.15, 0.2) is 11.6 Å². The first-order chi connectivity index (χ1) is 14.1. The molecule has 1 aromatic heterocycles. The molecule has 0 bridgehead atoms. The SMILES string of the molecule is O=C1OC[C@@]2(CCCc3c(F)cccc32)N1c1ncc(C(F)(F)F)cc1OC(F)F. The first kappa shape index (κ1) is 20.3. The molecular formula is C19H14F6N2O3. The molecule has 1 aliphatic heterocycles. The second-order valence-electron chi connectivity index (χ2n) is 6.96. The standard InChI is InChI=1S/C19H14F6N2O3/c20-13-5-1-4-12-11(13)3-2-6-18(12)9-29-17(28)27(18)15-14(30-16(21)22)7-10(8-26-15)19(23,24)25/h1,4-5,7-8,16H,2-3,6,9H2/t18-/m1/s1. The van der Waals surface area contributed by atoms with E-state index in [1.807, 2.05) is 0 Å². The smallest absolute Gasteiger partial charge is 0.418 e. The molecule has 1 aromatic carbocycles. The molecule has 4 rings (SSSR count). The van der Waals surface area contributed by atoms with E-state index in [0.29, 0.717) is 36.2 Å². The molecule has 0 radical (unpaired) electrons. The fourth-order valence-corrected chi connectivity index (χ4v) is 4.04. The van der Waals surface area contributed by atoms with Gasteiger partial charge in [0.1, 0.15) is 18.0 Å². The van der Waals surface area contributed by atoms with Crippen LogP contribution in [0.25, 0.3) is 0 Å². The van der Waals surface area contributed by atoms with Crippen molar-refractivity contribution in [3.8, 4) is 5.75 Å². The fraction of sp³-hybridized carbons (Fsp3) is 0.368. The fourth-order valence-electron chi connectivity index (χ4n) is 4.04. The Morgan fingerprint density at radius 3 is 2.73 bits per heavy atom. The zero-order valence-corrected chi connectivity index (χ0v) is 15.2. The molecule has 1 atom stereocenters. The quantitative estimate of drug-likeness (QED) is 0.639. The van der Waals surface area contributed by atoms with Crippen molar-refractivity contribution in [2.45, 2.75) is 37.6 Å². The Morgan fingerprint density at radius 1 is 1.27 bits per heavy atom. The molecule has 0 saturated carbocycles. The Bertz CT molecular complexity index is 997. The highest BCUT2D eigenvalue weighted by molar-refractivity contribution is 5.92. The van der Waals surface area contributed by atoms with Crippen LogP contribution in [-0.4, -0.2) is 24.3 Å². The van der Waals surface area contributed by atoms with E-state index < -0.39 is 47.4 Å². The lowest BCUT2D eigenvalue weighted by Gasteiger charge is -2.40. The number of halogens is 6. The summed E-state index contributed by atoms with van der Waals surface area (Å²) in [7, 11) is 0. The number of hydrogen-bond donors (Lipinski definition) is 0. The average molecular weight is 432 g/mol. The molecule has 1 saturated heterocycles. The van der Waals surface area contributed by atoms with Gasteiger partial charge >= 0.3 is 18.9 Å². The lowest BCUT2D eigenvalue weighted by atomic mass is 9.76. The lowest BCUT2D eigenvalue weighted by Crippen LogP contribution is -2.48. The van der Waals surface area contributed by atoms with Crippen LogP contribution in [0.15, 0.2) is 30.5 Å². The number of pyridine rings is 1. The van der Waals surface area contributed by atoms with E-state index in [1.165, 1.54) is 12.1 Å². The maximum absolute atomic E-state index is 14.4. The summed E-state index contributed by atoms with van der Waals surface area (Å²) in [6, 6.07) is 4.61. The van der Waals surface area contributed by atoms with Crippen molar-refractivity contribution in [1.82, 2.24) is 4.98 Å². The normalized spacial score (nSPS) is 21.2. The number of anilines is 1. The van der Waals surface area contributed by atoms with Crippen LogP contribution in [0.2, 0.25) is 0 Å². The summed E-state index contributed by atoms with van der Waals surface area (Å²) in [6.07, 6.45) is -4.36. The third kappa shape index (κ3) is 3.21.